The van der Waals surface area contributed by atoms with Crippen LogP contribution in [0.4, 0.5) is 0 Å². The molecule has 0 bridgehead atoms. The van der Waals surface area contributed by atoms with Crippen LogP contribution in [-0.2, 0) is 11.3 Å². The number of nitrogens with one attached hydrogen (secondary N) is 2. The van der Waals surface area contributed by atoms with Crippen LogP contribution in [0.25, 0.3) is 0 Å². The first kappa shape index (κ1) is 10.2. The fraction of sp³-hybridized carbons (Fsp3) is 0.600. The molecular weight excluding hydrogens is 192 g/mol. The largest absolute Gasteiger partial charge is 0.352 e. The van der Waals surface area contributed by atoms with E-state index in [1.165, 1.54) is 0 Å². The van der Waals surface area contributed by atoms with E-state index in [-0.39, 0.29) is 18.0 Å². The molecule has 5 nitrogen and oxygen atoms in total. The first-order chi connectivity index (χ1) is 7.18. The second-order valence-electron chi connectivity index (χ2n) is 4.03. The van der Waals surface area contributed by atoms with Crippen molar-refractivity contribution < 1.29 is 4.79 Å². The molecule has 0 radical (unpaired) electrons. The van der Waals surface area contributed by atoms with Gasteiger partial charge in [0.25, 0.3) is 0 Å². The van der Waals surface area contributed by atoms with Crippen molar-refractivity contribution in [3.05, 3.63) is 18.2 Å². The summed E-state index contributed by atoms with van der Waals surface area (Å²) < 4.78 is 2.01. The summed E-state index contributed by atoms with van der Waals surface area (Å²) in [7, 11) is 0. The summed E-state index contributed by atoms with van der Waals surface area (Å²) in [5.74, 6) is 0.802. The van der Waals surface area contributed by atoms with Crippen molar-refractivity contribution in [3.63, 3.8) is 0 Å². The number of nitrogens with zero attached hydrogens (tertiary/aromatic N) is 2. The highest BCUT2D eigenvalue weighted by Crippen LogP contribution is 2.14. The molecule has 0 unspecified atom stereocenters. The van der Waals surface area contributed by atoms with Gasteiger partial charge >= 0.3 is 0 Å². The highest BCUT2D eigenvalue weighted by atomic mass is 16.2. The molecule has 1 aliphatic rings. The summed E-state index contributed by atoms with van der Waals surface area (Å²) in [6.07, 6.45) is 3.64. The molecule has 0 aromatic carbocycles. The molecule has 1 amide bonds. The van der Waals surface area contributed by atoms with Gasteiger partial charge in [-0.3, -0.25) is 10.1 Å². The molecule has 82 valence electrons. The lowest BCUT2D eigenvalue weighted by molar-refractivity contribution is -0.124. The lowest BCUT2D eigenvalue weighted by Crippen LogP contribution is -2.45. The van der Waals surface area contributed by atoms with Crippen molar-refractivity contribution >= 4 is 5.91 Å². The minimum atomic E-state index is -0.309. The zero-order valence-corrected chi connectivity index (χ0v) is 9.03. The van der Waals surface area contributed by atoms with E-state index in [0.29, 0.717) is 0 Å². The molecule has 0 aliphatic carbocycles. The number of aromatic nitrogens is 2. The van der Waals surface area contributed by atoms with Gasteiger partial charge in [-0.05, 0) is 13.8 Å². The van der Waals surface area contributed by atoms with Gasteiger partial charge in [0.1, 0.15) is 11.9 Å². The lowest BCUT2D eigenvalue weighted by atomic mass is 10.2. The van der Waals surface area contributed by atoms with Crippen LogP contribution < -0.4 is 10.6 Å². The second-order valence-corrected chi connectivity index (χ2v) is 4.03. The van der Waals surface area contributed by atoms with E-state index in [0.717, 1.165) is 18.9 Å². The van der Waals surface area contributed by atoms with E-state index in [4.69, 9.17) is 0 Å². The van der Waals surface area contributed by atoms with E-state index in [9.17, 15) is 4.79 Å². The molecule has 0 spiro atoms. The average molecular weight is 208 g/mol. The number of fused-ring (bicyclic) bond motifs is 1. The Kier molecular flexibility index (Phi) is 2.73. The van der Waals surface area contributed by atoms with Crippen molar-refractivity contribution in [2.45, 2.75) is 32.5 Å². The number of rotatable bonds is 2. The Morgan fingerprint density at radius 1 is 1.73 bits per heavy atom. The summed E-state index contributed by atoms with van der Waals surface area (Å²) >= 11 is 0. The molecule has 2 heterocycles. The average Bonchev–Trinajstić information content (AvgIpc) is 2.63. The maximum atomic E-state index is 11.8. The molecule has 2 rings (SSSR count). The Labute approximate surface area is 88.9 Å². The number of imidazole rings is 1. The Morgan fingerprint density at radius 3 is 3.27 bits per heavy atom. The molecule has 15 heavy (non-hydrogen) atoms. The monoisotopic (exact) mass is 208 g/mol. The maximum absolute atomic E-state index is 11.8. The van der Waals surface area contributed by atoms with Crippen LogP contribution in [0.2, 0.25) is 0 Å². The van der Waals surface area contributed by atoms with Gasteiger partial charge in [0, 0.05) is 31.5 Å². The molecule has 1 aromatic heterocycles. The van der Waals surface area contributed by atoms with E-state index >= 15 is 0 Å². The Balaban J connectivity index is 2.15. The highest BCUT2D eigenvalue weighted by Gasteiger charge is 2.27. The number of amides is 1. The first-order valence-electron chi connectivity index (χ1n) is 5.23. The Bertz CT molecular complexity index is 358. The first-order valence-corrected chi connectivity index (χ1v) is 5.23. The lowest BCUT2D eigenvalue weighted by Gasteiger charge is -2.24. The molecular formula is C10H16N4O. The van der Waals surface area contributed by atoms with Crippen molar-refractivity contribution in [1.29, 1.82) is 0 Å². The van der Waals surface area contributed by atoms with Gasteiger partial charge in [0.05, 0.1) is 0 Å². The van der Waals surface area contributed by atoms with Crippen LogP contribution >= 0.6 is 0 Å². The summed E-state index contributed by atoms with van der Waals surface area (Å²) in [6, 6.07) is -0.152. The Hall–Kier alpha value is -1.36. The van der Waals surface area contributed by atoms with Crippen LogP contribution in [0.15, 0.2) is 12.4 Å². The SMILES string of the molecule is CC(C)NC(=O)[C@H]1NCCn2ccnc21. The molecule has 1 aliphatic heterocycles. The van der Waals surface area contributed by atoms with Gasteiger partial charge < -0.3 is 9.88 Å². The van der Waals surface area contributed by atoms with Crippen molar-refractivity contribution in [2.75, 3.05) is 6.54 Å². The van der Waals surface area contributed by atoms with Crippen LogP contribution in [0.3, 0.4) is 0 Å². The summed E-state index contributed by atoms with van der Waals surface area (Å²) in [4.78, 5) is 16.0. The molecule has 0 saturated carbocycles. The fourth-order valence-electron chi connectivity index (χ4n) is 1.77. The maximum Gasteiger partial charge on any atom is 0.245 e. The van der Waals surface area contributed by atoms with Gasteiger partial charge in [-0.25, -0.2) is 4.98 Å². The molecule has 0 fully saturated rings. The van der Waals surface area contributed by atoms with Crippen molar-refractivity contribution in [2.24, 2.45) is 0 Å². The van der Waals surface area contributed by atoms with Crippen molar-refractivity contribution in [1.82, 2.24) is 20.2 Å². The predicted molar refractivity (Wildman–Crippen MR) is 56.2 cm³/mol. The minimum Gasteiger partial charge on any atom is -0.352 e. The molecule has 1 atom stereocenters. The quantitative estimate of drug-likeness (QED) is 0.722. The number of carbonyl (C=O) groups excluding carboxylic acids is 1. The number of hydrogen-bond donors (Lipinski definition) is 2. The van der Waals surface area contributed by atoms with Crippen LogP contribution in [0.5, 0.6) is 0 Å². The molecule has 5 heteroatoms. The van der Waals surface area contributed by atoms with Crippen LogP contribution in [-0.4, -0.2) is 28.0 Å². The Morgan fingerprint density at radius 2 is 2.53 bits per heavy atom. The second kappa shape index (κ2) is 4.02. The fourth-order valence-corrected chi connectivity index (χ4v) is 1.77. The zero-order chi connectivity index (χ0) is 10.8. The molecule has 1 aromatic rings. The smallest absolute Gasteiger partial charge is 0.245 e. The van der Waals surface area contributed by atoms with Gasteiger partial charge in [-0.2, -0.15) is 0 Å². The minimum absolute atomic E-state index is 0.00264. The standard InChI is InChI=1S/C10H16N4O/c1-7(2)13-10(15)8-9-12-4-6-14(9)5-3-11-8/h4,6-8,11H,3,5H2,1-2H3,(H,13,15)/t8-/m0/s1. The normalized spacial score (nSPS) is 20.1. The third-order valence-corrected chi connectivity index (χ3v) is 2.40. The van der Waals surface area contributed by atoms with Crippen LogP contribution in [0, 0.1) is 0 Å². The van der Waals surface area contributed by atoms with Gasteiger partial charge in [0.2, 0.25) is 5.91 Å². The topological polar surface area (TPSA) is 59.0 Å². The third kappa shape index (κ3) is 2.02. The summed E-state index contributed by atoms with van der Waals surface area (Å²) in [5, 5.41) is 6.06. The third-order valence-electron chi connectivity index (χ3n) is 2.40. The van der Waals surface area contributed by atoms with E-state index < -0.39 is 0 Å². The highest BCUT2D eigenvalue weighted by molar-refractivity contribution is 5.82. The summed E-state index contributed by atoms with van der Waals surface area (Å²) in [6.45, 7) is 5.58. The van der Waals surface area contributed by atoms with E-state index in [1.54, 1.807) is 6.20 Å². The van der Waals surface area contributed by atoms with Gasteiger partial charge in [0.15, 0.2) is 0 Å². The number of carbonyl (C=O) groups is 1. The number of hydrogen-bond acceptors (Lipinski definition) is 3. The van der Waals surface area contributed by atoms with Gasteiger partial charge in [-0.1, -0.05) is 0 Å². The summed E-state index contributed by atoms with van der Waals surface area (Å²) in [5.41, 5.74) is 0. The molecule has 0 saturated heterocycles. The predicted octanol–water partition coefficient (Wildman–Crippen LogP) is 0.0520. The van der Waals surface area contributed by atoms with E-state index in [2.05, 4.69) is 15.6 Å². The zero-order valence-electron chi connectivity index (χ0n) is 9.03. The van der Waals surface area contributed by atoms with Crippen LogP contribution in [0.1, 0.15) is 25.7 Å². The molecule has 2 N–H and O–H groups in total. The van der Waals surface area contributed by atoms with Crippen molar-refractivity contribution in [3.8, 4) is 0 Å². The van der Waals surface area contributed by atoms with Gasteiger partial charge in [-0.15, -0.1) is 0 Å². The van der Waals surface area contributed by atoms with E-state index in [1.807, 2.05) is 24.6 Å².